The first-order valence-corrected chi connectivity index (χ1v) is 10.6. The average Bonchev–Trinajstić information content (AvgIpc) is 3.13. The number of carbonyl (C=O) groups excluding carboxylic acids is 2. The van der Waals surface area contributed by atoms with Crippen molar-refractivity contribution in [1.82, 2.24) is 14.9 Å². The van der Waals surface area contributed by atoms with Gasteiger partial charge >= 0.3 is 0 Å². The number of halogens is 1. The summed E-state index contributed by atoms with van der Waals surface area (Å²) < 4.78 is 18.7. The first-order valence-electron chi connectivity index (χ1n) is 10.6. The van der Waals surface area contributed by atoms with Crippen LogP contribution < -0.4 is 9.80 Å². The third-order valence-corrected chi connectivity index (χ3v) is 5.26. The summed E-state index contributed by atoms with van der Waals surface area (Å²) in [6.45, 7) is 4.43. The Bertz CT molecular complexity index is 965. The normalized spacial score (nSPS) is 16.0. The highest BCUT2D eigenvalue weighted by Crippen LogP contribution is 2.32. The summed E-state index contributed by atoms with van der Waals surface area (Å²) in [5.41, 5.74) is 1.41. The van der Waals surface area contributed by atoms with Crippen molar-refractivity contribution in [1.29, 1.82) is 0 Å². The number of ether oxygens (including phenoxy) is 1. The molecule has 3 rings (SSSR count). The van der Waals surface area contributed by atoms with Crippen molar-refractivity contribution >= 4 is 23.3 Å². The maximum atomic E-state index is 13.3. The van der Waals surface area contributed by atoms with Crippen LogP contribution in [0.2, 0.25) is 0 Å². The minimum Gasteiger partial charge on any atom is -0.369 e. The predicted molar refractivity (Wildman–Crippen MR) is 120 cm³/mol. The van der Waals surface area contributed by atoms with Crippen molar-refractivity contribution in [2.24, 2.45) is 0 Å². The van der Waals surface area contributed by atoms with Gasteiger partial charge in [-0.3, -0.25) is 9.59 Å². The number of benzene rings is 1. The van der Waals surface area contributed by atoms with E-state index in [2.05, 4.69) is 9.97 Å². The third kappa shape index (κ3) is 5.79. The summed E-state index contributed by atoms with van der Waals surface area (Å²) >= 11 is 0. The summed E-state index contributed by atoms with van der Waals surface area (Å²) in [5, 5.41) is 0. The number of likely N-dealkylation sites (N-methyl/N-ethyl adjacent to an activating group) is 1. The third-order valence-electron chi connectivity index (χ3n) is 5.26. The van der Waals surface area contributed by atoms with Gasteiger partial charge in [0, 0.05) is 51.8 Å². The van der Waals surface area contributed by atoms with E-state index in [4.69, 9.17) is 4.74 Å². The number of nitrogens with zero attached hydrogens (tertiary/aromatic N) is 5. The van der Waals surface area contributed by atoms with Crippen LogP contribution in [0.1, 0.15) is 37.7 Å². The van der Waals surface area contributed by atoms with Crippen molar-refractivity contribution in [2.45, 2.75) is 38.8 Å². The molecule has 9 heteroatoms. The van der Waals surface area contributed by atoms with Crippen molar-refractivity contribution in [3.63, 3.8) is 0 Å². The summed E-state index contributed by atoms with van der Waals surface area (Å²) in [6, 6.07) is 7.77. The smallest absolute Gasteiger partial charge is 0.248 e. The van der Waals surface area contributed by atoms with Gasteiger partial charge in [0.2, 0.25) is 11.8 Å². The monoisotopic (exact) mass is 443 g/mol. The minimum absolute atomic E-state index is 0.00183. The lowest BCUT2D eigenvalue weighted by molar-refractivity contribution is -0.136. The lowest BCUT2D eigenvalue weighted by Gasteiger charge is -2.21. The fraction of sp³-hybridized carbons (Fsp3) is 0.478. The molecular weight excluding hydrogens is 413 g/mol. The maximum absolute atomic E-state index is 13.3. The SMILES string of the molecule is CC(C)OCC(=O)N(C)Cc1nc([C@@H]2CC(=O)N(c3ccc(F)cc3)C2)cc(N(C)C)n1. The molecule has 0 spiro atoms. The second-order valence-corrected chi connectivity index (χ2v) is 8.45. The van der Waals surface area contributed by atoms with Crippen LogP contribution in [0.5, 0.6) is 0 Å². The Morgan fingerprint density at radius 1 is 1.22 bits per heavy atom. The zero-order valence-electron chi connectivity index (χ0n) is 19.2. The Balaban J connectivity index is 1.79. The zero-order valence-corrected chi connectivity index (χ0v) is 19.2. The van der Waals surface area contributed by atoms with Crippen LogP contribution in [0, 0.1) is 5.82 Å². The number of aromatic nitrogens is 2. The molecule has 1 saturated heterocycles. The van der Waals surface area contributed by atoms with E-state index >= 15 is 0 Å². The second-order valence-electron chi connectivity index (χ2n) is 8.45. The number of rotatable bonds is 8. The molecule has 2 heterocycles. The lowest BCUT2D eigenvalue weighted by atomic mass is 10.0. The summed E-state index contributed by atoms with van der Waals surface area (Å²) in [4.78, 5) is 39.3. The Morgan fingerprint density at radius 2 is 1.91 bits per heavy atom. The summed E-state index contributed by atoms with van der Waals surface area (Å²) in [6.07, 6.45) is 0.272. The molecule has 2 amide bonds. The Morgan fingerprint density at radius 3 is 2.53 bits per heavy atom. The Hall–Kier alpha value is -3.07. The number of anilines is 2. The molecule has 1 aliphatic heterocycles. The quantitative estimate of drug-likeness (QED) is 0.624. The van der Waals surface area contributed by atoms with Crippen LogP contribution in [-0.2, 0) is 20.9 Å². The Labute approximate surface area is 188 Å². The van der Waals surface area contributed by atoms with Crippen LogP contribution in [-0.4, -0.2) is 67.1 Å². The molecule has 1 fully saturated rings. The van der Waals surface area contributed by atoms with E-state index in [1.54, 1.807) is 24.1 Å². The molecule has 0 radical (unpaired) electrons. The molecule has 0 bridgehead atoms. The van der Waals surface area contributed by atoms with Gasteiger partial charge in [-0.05, 0) is 38.1 Å². The van der Waals surface area contributed by atoms with Crippen LogP contribution in [0.4, 0.5) is 15.9 Å². The van der Waals surface area contributed by atoms with Gasteiger partial charge in [-0.1, -0.05) is 0 Å². The molecule has 1 atom stereocenters. The van der Waals surface area contributed by atoms with Crippen LogP contribution in [0.15, 0.2) is 30.3 Å². The molecule has 2 aromatic rings. The summed E-state index contributed by atoms with van der Waals surface area (Å²) in [7, 11) is 5.45. The Kier molecular flexibility index (Phi) is 7.40. The van der Waals surface area contributed by atoms with E-state index in [-0.39, 0.29) is 42.8 Å². The molecule has 1 aliphatic rings. The van der Waals surface area contributed by atoms with E-state index in [1.807, 2.05) is 38.9 Å². The van der Waals surface area contributed by atoms with Crippen molar-refractivity contribution in [3.8, 4) is 0 Å². The first-order chi connectivity index (χ1) is 15.1. The van der Waals surface area contributed by atoms with Gasteiger partial charge in [-0.2, -0.15) is 0 Å². The number of amides is 2. The topological polar surface area (TPSA) is 78.9 Å². The zero-order chi connectivity index (χ0) is 23.4. The van der Waals surface area contributed by atoms with E-state index in [0.29, 0.717) is 30.3 Å². The second kappa shape index (κ2) is 10.0. The van der Waals surface area contributed by atoms with E-state index in [1.165, 1.54) is 17.0 Å². The van der Waals surface area contributed by atoms with E-state index < -0.39 is 0 Å². The standard InChI is InChI=1S/C23H30FN5O3/c1-15(2)32-14-23(31)28(5)13-20-25-19(11-21(26-20)27(3)4)16-10-22(30)29(12-16)18-8-6-17(24)7-9-18/h6-9,11,15-16H,10,12-14H2,1-5H3/t16-/m1/s1. The molecule has 172 valence electrons. The average molecular weight is 444 g/mol. The summed E-state index contributed by atoms with van der Waals surface area (Å²) in [5.74, 6) is 0.545. The maximum Gasteiger partial charge on any atom is 0.248 e. The first kappa shape index (κ1) is 23.6. The predicted octanol–water partition coefficient (Wildman–Crippen LogP) is 2.59. The van der Waals surface area contributed by atoms with Gasteiger partial charge in [-0.15, -0.1) is 0 Å². The highest BCUT2D eigenvalue weighted by atomic mass is 19.1. The highest BCUT2D eigenvalue weighted by Gasteiger charge is 2.33. The molecule has 0 N–H and O–H groups in total. The van der Waals surface area contributed by atoms with Crippen LogP contribution in [0.3, 0.4) is 0 Å². The van der Waals surface area contributed by atoms with E-state index in [9.17, 15) is 14.0 Å². The molecule has 32 heavy (non-hydrogen) atoms. The molecule has 1 aromatic heterocycles. The van der Waals surface area contributed by atoms with Gasteiger partial charge in [-0.25, -0.2) is 14.4 Å². The van der Waals surface area contributed by atoms with E-state index in [0.717, 1.165) is 5.69 Å². The van der Waals surface area contributed by atoms with Gasteiger partial charge in [0.15, 0.2) is 0 Å². The van der Waals surface area contributed by atoms with Gasteiger partial charge in [0.25, 0.3) is 0 Å². The van der Waals surface area contributed by atoms with Crippen LogP contribution >= 0.6 is 0 Å². The molecular formula is C23H30FN5O3. The molecule has 0 aliphatic carbocycles. The fourth-order valence-electron chi connectivity index (χ4n) is 3.44. The van der Waals surface area contributed by atoms with Crippen molar-refractivity contribution < 1.29 is 18.7 Å². The van der Waals surface area contributed by atoms with Crippen LogP contribution in [0.25, 0.3) is 0 Å². The van der Waals surface area contributed by atoms with Crippen molar-refractivity contribution in [2.75, 3.05) is 44.1 Å². The molecule has 0 saturated carbocycles. The lowest BCUT2D eigenvalue weighted by Crippen LogP contribution is -2.32. The minimum atomic E-state index is -0.342. The number of carbonyl (C=O) groups is 2. The molecule has 0 unspecified atom stereocenters. The highest BCUT2D eigenvalue weighted by molar-refractivity contribution is 5.96. The fourth-order valence-corrected chi connectivity index (χ4v) is 3.44. The molecule has 8 nitrogen and oxygen atoms in total. The van der Waals surface area contributed by atoms with Crippen molar-refractivity contribution in [3.05, 3.63) is 47.7 Å². The van der Waals surface area contributed by atoms with Gasteiger partial charge in [0.1, 0.15) is 24.1 Å². The van der Waals surface area contributed by atoms with Gasteiger partial charge in [0.05, 0.1) is 18.3 Å². The largest absolute Gasteiger partial charge is 0.369 e. The number of hydrogen-bond donors (Lipinski definition) is 0. The molecule has 1 aromatic carbocycles. The number of hydrogen-bond acceptors (Lipinski definition) is 6. The van der Waals surface area contributed by atoms with Gasteiger partial charge < -0.3 is 19.4 Å².